The van der Waals surface area contributed by atoms with Crippen molar-refractivity contribution in [2.75, 3.05) is 0 Å². The van der Waals surface area contributed by atoms with E-state index in [-0.39, 0.29) is 16.7 Å². The zero-order valence-corrected chi connectivity index (χ0v) is 8.50. The Balaban J connectivity index is 0. The SMILES string of the molecule is Bc1ccccc1CS(=O)(=O)O.O.O. The quantitative estimate of drug-likeness (QED) is 0.445. The van der Waals surface area contributed by atoms with Crippen LogP contribution in [0.15, 0.2) is 24.3 Å². The predicted molar refractivity (Wildman–Crippen MR) is 57.1 cm³/mol. The Morgan fingerprint density at radius 1 is 1.21 bits per heavy atom. The molecule has 0 radical (unpaired) electrons. The maximum absolute atomic E-state index is 10.5. The van der Waals surface area contributed by atoms with Gasteiger partial charge >= 0.3 is 0 Å². The Morgan fingerprint density at radius 3 is 2.14 bits per heavy atom. The fourth-order valence-electron chi connectivity index (χ4n) is 0.969. The highest BCUT2D eigenvalue weighted by molar-refractivity contribution is 7.85. The fraction of sp³-hybridized carbons (Fsp3) is 0.143. The first-order chi connectivity index (χ1) is 5.49. The van der Waals surface area contributed by atoms with E-state index >= 15 is 0 Å². The van der Waals surface area contributed by atoms with Gasteiger partial charge in [0.05, 0.1) is 5.75 Å². The first kappa shape index (κ1) is 15.6. The van der Waals surface area contributed by atoms with E-state index in [0.29, 0.717) is 5.56 Å². The summed E-state index contributed by atoms with van der Waals surface area (Å²) >= 11 is 0. The van der Waals surface area contributed by atoms with E-state index in [0.717, 1.165) is 5.46 Å². The van der Waals surface area contributed by atoms with Crippen LogP contribution < -0.4 is 5.46 Å². The van der Waals surface area contributed by atoms with Crippen LogP contribution >= 0.6 is 0 Å². The summed E-state index contributed by atoms with van der Waals surface area (Å²) in [7, 11) is -2.09. The molecular weight excluding hydrogens is 207 g/mol. The molecule has 0 aliphatic heterocycles. The summed E-state index contributed by atoms with van der Waals surface area (Å²) in [5, 5.41) is 0. The predicted octanol–water partition coefficient (Wildman–Crippen LogP) is -2.32. The molecule has 0 heterocycles. The summed E-state index contributed by atoms with van der Waals surface area (Å²) in [6.07, 6.45) is 0. The van der Waals surface area contributed by atoms with Crippen molar-refractivity contribution < 1.29 is 23.9 Å². The molecule has 0 spiro atoms. The van der Waals surface area contributed by atoms with Crippen LogP contribution in [0.4, 0.5) is 0 Å². The first-order valence-electron chi connectivity index (χ1n) is 3.49. The molecule has 0 aromatic heterocycles. The molecule has 5 N–H and O–H groups in total. The van der Waals surface area contributed by atoms with Crippen LogP contribution in [0.25, 0.3) is 0 Å². The van der Waals surface area contributed by atoms with E-state index in [1.807, 2.05) is 6.07 Å². The highest BCUT2D eigenvalue weighted by Crippen LogP contribution is 2.00. The van der Waals surface area contributed by atoms with Crippen LogP contribution in [-0.2, 0) is 15.9 Å². The Kier molecular flexibility index (Phi) is 6.41. The topological polar surface area (TPSA) is 117 Å². The molecular formula is C7H13BO5S. The molecule has 0 amide bonds. The minimum absolute atomic E-state index is 0. The Morgan fingerprint density at radius 2 is 1.71 bits per heavy atom. The minimum atomic E-state index is -3.90. The normalized spacial score (nSPS) is 9.79. The van der Waals surface area contributed by atoms with Gasteiger partial charge in [-0.2, -0.15) is 8.42 Å². The highest BCUT2D eigenvalue weighted by Gasteiger charge is 2.07. The van der Waals surface area contributed by atoms with Crippen molar-refractivity contribution in [1.82, 2.24) is 0 Å². The summed E-state index contributed by atoms with van der Waals surface area (Å²) in [4.78, 5) is 0. The molecule has 7 heteroatoms. The fourth-order valence-corrected chi connectivity index (χ4v) is 1.69. The van der Waals surface area contributed by atoms with Gasteiger partial charge in [-0.05, 0) is 5.56 Å². The van der Waals surface area contributed by atoms with Gasteiger partial charge in [-0.3, -0.25) is 4.55 Å². The smallest absolute Gasteiger partial charge is 0.269 e. The van der Waals surface area contributed by atoms with Crippen LogP contribution in [0.3, 0.4) is 0 Å². The number of benzene rings is 1. The Labute approximate surface area is 83.5 Å². The third-order valence-corrected chi connectivity index (χ3v) is 2.27. The minimum Gasteiger partial charge on any atom is -0.412 e. The van der Waals surface area contributed by atoms with Gasteiger partial charge in [-0.1, -0.05) is 29.7 Å². The van der Waals surface area contributed by atoms with Crippen LogP contribution in [0.5, 0.6) is 0 Å². The average molecular weight is 220 g/mol. The second-order valence-electron chi connectivity index (χ2n) is 2.65. The van der Waals surface area contributed by atoms with E-state index in [1.165, 1.54) is 0 Å². The highest BCUT2D eigenvalue weighted by atomic mass is 32.2. The van der Waals surface area contributed by atoms with Gasteiger partial charge in [0.2, 0.25) is 0 Å². The molecule has 0 saturated carbocycles. The lowest BCUT2D eigenvalue weighted by Crippen LogP contribution is -2.13. The largest absolute Gasteiger partial charge is 0.412 e. The average Bonchev–Trinajstić information content (AvgIpc) is 1.91. The van der Waals surface area contributed by atoms with Gasteiger partial charge in [-0.25, -0.2) is 0 Å². The molecule has 0 saturated heterocycles. The third kappa shape index (κ3) is 4.98. The molecule has 0 fully saturated rings. The molecule has 5 nitrogen and oxygen atoms in total. The summed E-state index contributed by atoms with van der Waals surface area (Å²) in [6, 6.07) is 7.06. The zero-order valence-electron chi connectivity index (χ0n) is 7.69. The van der Waals surface area contributed by atoms with Gasteiger partial charge in [0.15, 0.2) is 0 Å². The lowest BCUT2D eigenvalue weighted by atomic mass is 9.92. The maximum Gasteiger partial charge on any atom is 0.269 e. The standard InChI is InChI=1S/C7H9BO3S.2H2O/c8-7-4-2-1-3-6(7)5-12(9,10)11;;/h1-4H,5,8H2,(H,9,10,11);2*1H2. The lowest BCUT2D eigenvalue weighted by molar-refractivity contribution is 0.482. The van der Waals surface area contributed by atoms with Gasteiger partial charge in [0.1, 0.15) is 7.85 Å². The second kappa shape index (κ2) is 5.76. The molecule has 0 aliphatic carbocycles. The second-order valence-corrected chi connectivity index (χ2v) is 4.11. The number of hydrogen-bond acceptors (Lipinski definition) is 2. The van der Waals surface area contributed by atoms with E-state index in [9.17, 15) is 8.42 Å². The summed E-state index contributed by atoms with van der Waals surface area (Å²) in [5.74, 6) is -0.306. The lowest BCUT2D eigenvalue weighted by Gasteiger charge is -2.01. The Bertz CT molecular complexity index is 375. The molecule has 80 valence electrons. The van der Waals surface area contributed by atoms with E-state index < -0.39 is 10.1 Å². The van der Waals surface area contributed by atoms with Crippen LogP contribution in [-0.4, -0.2) is 31.8 Å². The van der Waals surface area contributed by atoms with Gasteiger partial charge in [0.25, 0.3) is 10.1 Å². The maximum atomic E-state index is 10.5. The van der Waals surface area contributed by atoms with Crippen molar-refractivity contribution in [3.63, 3.8) is 0 Å². The summed E-state index contributed by atoms with van der Waals surface area (Å²) in [6.45, 7) is 0. The van der Waals surface area contributed by atoms with Crippen molar-refractivity contribution in [1.29, 1.82) is 0 Å². The summed E-state index contributed by atoms with van der Waals surface area (Å²) in [5.41, 5.74) is 1.51. The zero-order chi connectivity index (χ0) is 9.19. The van der Waals surface area contributed by atoms with Crippen LogP contribution in [0.1, 0.15) is 5.56 Å². The number of hydrogen-bond donors (Lipinski definition) is 1. The molecule has 0 aliphatic rings. The monoisotopic (exact) mass is 220 g/mol. The van der Waals surface area contributed by atoms with Crippen molar-refractivity contribution in [2.45, 2.75) is 5.75 Å². The molecule has 1 aromatic rings. The van der Waals surface area contributed by atoms with Gasteiger partial charge in [0, 0.05) is 0 Å². The molecule has 0 bridgehead atoms. The molecule has 14 heavy (non-hydrogen) atoms. The number of rotatable bonds is 2. The van der Waals surface area contributed by atoms with Crippen LogP contribution in [0.2, 0.25) is 0 Å². The van der Waals surface area contributed by atoms with Crippen molar-refractivity contribution >= 4 is 23.4 Å². The molecule has 0 unspecified atom stereocenters. The van der Waals surface area contributed by atoms with Crippen molar-refractivity contribution in [3.8, 4) is 0 Å². The van der Waals surface area contributed by atoms with E-state index in [1.54, 1.807) is 26.0 Å². The third-order valence-electron chi connectivity index (χ3n) is 1.60. The molecule has 1 rings (SSSR count). The van der Waals surface area contributed by atoms with Crippen LogP contribution in [0, 0.1) is 0 Å². The Hall–Kier alpha value is -0.885. The van der Waals surface area contributed by atoms with Gasteiger partial charge < -0.3 is 11.0 Å². The molecule has 1 aromatic carbocycles. The first-order valence-corrected chi connectivity index (χ1v) is 5.09. The molecule has 0 atom stereocenters. The van der Waals surface area contributed by atoms with E-state index in [2.05, 4.69) is 0 Å². The van der Waals surface area contributed by atoms with Crippen molar-refractivity contribution in [3.05, 3.63) is 29.8 Å². The van der Waals surface area contributed by atoms with Gasteiger partial charge in [-0.15, -0.1) is 0 Å². The summed E-state index contributed by atoms with van der Waals surface area (Å²) < 4.78 is 29.6. The van der Waals surface area contributed by atoms with E-state index in [4.69, 9.17) is 4.55 Å². The van der Waals surface area contributed by atoms with Crippen molar-refractivity contribution in [2.24, 2.45) is 0 Å².